The topological polar surface area (TPSA) is 97.5 Å². The van der Waals surface area contributed by atoms with Gasteiger partial charge in [-0.3, -0.25) is 4.79 Å². The van der Waals surface area contributed by atoms with Crippen LogP contribution in [0.25, 0.3) is 17.0 Å². The average molecular weight is 406 g/mol. The van der Waals surface area contributed by atoms with Gasteiger partial charge in [-0.15, -0.1) is 0 Å². The number of methoxy groups -OCH3 is 1. The number of nitrogens with one attached hydrogen (secondary N) is 2. The summed E-state index contributed by atoms with van der Waals surface area (Å²) in [6.45, 7) is -0.501. The second-order valence-corrected chi connectivity index (χ2v) is 6.56. The quantitative estimate of drug-likeness (QED) is 0.443. The summed E-state index contributed by atoms with van der Waals surface area (Å²) in [6.07, 6.45) is 4.87. The van der Waals surface area contributed by atoms with E-state index in [4.69, 9.17) is 9.47 Å². The lowest BCUT2D eigenvalue weighted by Gasteiger charge is -2.16. The molecule has 0 radical (unpaired) electrons. The minimum absolute atomic E-state index is 0.240. The van der Waals surface area contributed by atoms with E-state index in [2.05, 4.69) is 10.3 Å². The largest absolute Gasteiger partial charge is 0.467 e. The van der Waals surface area contributed by atoms with Crippen molar-refractivity contribution >= 4 is 34.8 Å². The number of carbonyl (C=O) groups excluding carboxylic acids is 3. The lowest BCUT2D eigenvalue weighted by atomic mass is 10.0. The molecule has 3 aromatic rings. The van der Waals surface area contributed by atoms with Gasteiger partial charge in [0.05, 0.1) is 7.11 Å². The summed E-state index contributed by atoms with van der Waals surface area (Å²) in [4.78, 5) is 39.3. The molecule has 0 saturated carbocycles. The fraction of sp³-hybridized carbons (Fsp3) is 0.174. The minimum atomic E-state index is -0.903. The van der Waals surface area contributed by atoms with Crippen molar-refractivity contribution in [3.8, 4) is 0 Å². The fourth-order valence-electron chi connectivity index (χ4n) is 3.01. The highest BCUT2D eigenvalue weighted by Gasteiger charge is 2.23. The number of H-pyrrole nitrogens is 1. The molecular weight excluding hydrogens is 384 g/mol. The zero-order valence-corrected chi connectivity index (χ0v) is 16.5. The molecule has 0 spiro atoms. The van der Waals surface area contributed by atoms with Gasteiger partial charge in [0.15, 0.2) is 6.61 Å². The van der Waals surface area contributed by atoms with E-state index in [1.807, 2.05) is 54.6 Å². The van der Waals surface area contributed by atoms with Crippen LogP contribution in [0.4, 0.5) is 0 Å². The van der Waals surface area contributed by atoms with Crippen molar-refractivity contribution in [2.75, 3.05) is 13.7 Å². The Morgan fingerprint density at radius 1 is 1.07 bits per heavy atom. The summed E-state index contributed by atoms with van der Waals surface area (Å²) in [7, 11) is 1.26. The van der Waals surface area contributed by atoms with Crippen LogP contribution in [-0.4, -0.2) is 42.6 Å². The van der Waals surface area contributed by atoms with E-state index in [9.17, 15) is 14.4 Å². The molecule has 1 amide bonds. The lowest BCUT2D eigenvalue weighted by molar-refractivity contribution is -0.147. The van der Waals surface area contributed by atoms with Crippen molar-refractivity contribution in [3.05, 3.63) is 78.0 Å². The monoisotopic (exact) mass is 406 g/mol. The smallest absolute Gasteiger partial charge is 0.331 e. The van der Waals surface area contributed by atoms with Crippen molar-refractivity contribution < 1.29 is 23.9 Å². The number of amides is 1. The third-order valence-corrected chi connectivity index (χ3v) is 4.48. The second-order valence-electron chi connectivity index (χ2n) is 6.56. The normalized spacial score (nSPS) is 11.9. The standard InChI is InChI=1S/C23H22N2O5/c1-29-23(28)20(13-17-14-24-19-10-6-5-9-18(17)19)25-21(26)15-30-22(27)12-11-16-7-3-2-4-8-16/h2-12,14,20,24H,13,15H2,1H3,(H,25,26)/b12-11+/t20-/m1/s1. The second kappa shape index (κ2) is 10.1. The molecule has 2 aromatic carbocycles. The molecule has 7 nitrogen and oxygen atoms in total. The van der Waals surface area contributed by atoms with Gasteiger partial charge in [-0.2, -0.15) is 0 Å². The number of esters is 2. The first-order chi connectivity index (χ1) is 14.6. The Kier molecular flexibility index (Phi) is 7.00. The molecule has 0 aliphatic rings. The van der Waals surface area contributed by atoms with Crippen molar-refractivity contribution in [1.82, 2.24) is 10.3 Å². The fourth-order valence-corrected chi connectivity index (χ4v) is 3.01. The van der Waals surface area contributed by atoms with Crippen LogP contribution in [0, 0.1) is 0 Å². The average Bonchev–Trinajstić information content (AvgIpc) is 3.19. The number of aromatic nitrogens is 1. The van der Waals surface area contributed by atoms with E-state index in [0.29, 0.717) is 0 Å². The van der Waals surface area contributed by atoms with Crippen molar-refractivity contribution in [3.63, 3.8) is 0 Å². The van der Waals surface area contributed by atoms with Gasteiger partial charge in [0.2, 0.25) is 0 Å². The first-order valence-electron chi connectivity index (χ1n) is 9.39. The number of fused-ring (bicyclic) bond motifs is 1. The molecule has 0 bridgehead atoms. The van der Waals surface area contributed by atoms with Gasteiger partial charge in [0, 0.05) is 29.6 Å². The van der Waals surface area contributed by atoms with E-state index in [1.54, 1.807) is 12.3 Å². The van der Waals surface area contributed by atoms with E-state index >= 15 is 0 Å². The molecule has 154 valence electrons. The van der Waals surface area contributed by atoms with Gasteiger partial charge in [-0.25, -0.2) is 9.59 Å². The zero-order valence-electron chi connectivity index (χ0n) is 16.5. The Hall–Kier alpha value is -3.87. The van der Waals surface area contributed by atoms with Crippen LogP contribution in [0.5, 0.6) is 0 Å². The highest BCUT2D eigenvalue weighted by atomic mass is 16.5. The molecule has 1 aromatic heterocycles. The predicted molar refractivity (Wildman–Crippen MR) is 112 cm³/mol. The highest BCUT2D eigenvalue weighted by Crippen LogP contribution is 2.19. The number of benzene rings is 2. The number of hydrogen-bond donors (Lipinski definition) is 2. The first-order valence-corrected chi connectivity index (χ1v) is 9.39. The highest BCUT2D eigenvalue weighted by molar-refractivity contribution is 5.91. The Bertz CT molecular complexity index is 1060. The molecule has 0 aliphatic carbocycles. The van der Waals surface area contributed by atoms with Crippen LogP contribution >= 0.6 is 0 Å². The van der Waals surface area contributed by atoms with Crippen molar-refractivity contribution in [1.29, 1.82) is 0 Å². The van der Waals surface area contributed by atoms with Gasteiger partial charge in [-0.1, -0.05) is 48.5 Å². The summed E-state index contributed by atoms with van der Waals surface area (Å²) in [6, 6.07) is 16.0. The van der Waals surface area contributed by atoms with Crippen molar-refractivity contribution in [2.24, 2.45) is 0 Å². The summed E-state index contributed by atoms with van der Waals surface area (Å²) >= 11 is 0. The summed E-state index contributed by atoms with van der Waals surface area (Å²) < 4.78 is 9.75. The summed E-state index contributed by atoms with van der Waals surface area (Å²) in [5.41, 5.74) is 2.63. The van der Waals surface area contributed by atoms with Crippen molar-refractivity contribution in [2.45, 2.75) is 12.5 Å². The third-order valence-electron chi connectivity index (χ3n) is 4.48. The van der Waals surface area contributed by atoms with Crippen LogP contribution < -0.4 is 5.32 Å². The lowest BCUT2D eigenvalue weighted by Crippen LogP contribution is -2.44. The van der Waals surface area contributed by atoms with Gasteiger partial charge in [0.25, 0.3) is 5.91 Å². The van der Waals surface area contributed by atoms with Gasteiger partial charge in [-0.05, 0) is 23.3 Å². The number of rotatable bonds is 8. The van der Waals surface area contributed by atoms with Crippen LogP contribution in [0.15, 0.2) is 66.9 Å². The number of hydrogen-bond acceptors (Lipinski definition) is 5. The predicted octanol–water partition coefficient (Wildman–Crippen LogP) is 2.62. The summed E-state index contributed by atoms with van der Waals surface area (Å²) in [5, 5.41) is 3.53. The molecule has 7 heteroatoms. The van der Waals surface area contributed by atoms with Gasteiger partial charge in [0.1, 0.15) is 6.04 Å². The van der Waals surface area contributed by atoms with E-state index in [0.717, 1.165) is 22.0 Å². The van der Waals surface area contributed by atoms with Crippen LogP contribution in [0.2, 0.25) is 0 Å². The summed E-state index contributed by atoms with van der Waals surface area (Å²) in [5.74, 6) is -1.82. The molecule has 1 atom stereocenters. The molecule has 0 unspecified atom stereocenters. The maximum Gasteiger partial charge on any atom is 0.331 e. The van der Waals surface area contributed by atoms with E-state index in [1.165, 1.54) is 13.2 Å². The van der Waals surface area contributed by atoms with E-state index in [-0.39, 0.29) is 6.42 Å². The maximum absolute atomic E-state index is 12.2. The van der Waals surface area contributed by atoms with Gasteiger partial charge < -0.3 is 19.8 Å². The van der Waals surface area contributed by atoms with Crippen LogP contribution in [0.3, 0.4) is 0 Å². The number of para-hydroxylation sites is 1. The Morgan fingerprint density at radius 3 is 2.57 bits per heavy atom. The molecule has 0 fully saturated rings. The SMILES string of the molecule is COC(=O)[C@@H](Cc1c[nH]c2ccccc12)NC(=O)COC(=O)/C=C/c1ccccc1. The van der Waals surface area contributed by atoms with Crippen LogP contribution in [0.1, 0.15) is 11.1 Å². The van der Waals surface area contributed by atoms with Gasteiger partial charge >= 0.3 is 11.9 Å². The number of ether oxygens (including phenoxy) is 2. The van der Waals surface area contributed by atoms with Crippen LogP contribution in [-0.2, 0) is 30.3 Å². The zero-order chi connectivity index (χ0) is 21.3. The first kappa shape index (κ1) is 20.9. The molecular formula is C23H22N2O5. The third kappa shape index (κ3) is 5.57. The Morgan fingerprint density at radius 2 is 1.80 bits per heavy atom. The molecule has 30 heavy (non-hydrogen) atoms. The molecule has 1 heterocycles. The molecule has 0 aliphatic heterocycles. The molecule has 2 N–H and O–H groups in total. The van der Waals surface area contributed by atoms with E-state index < -0.39 is 30.5 Å². The molecule has 0 saturated heterocycles. The Balaban J connectivity index is 1.57. The number of aromatic amines is 1. The number of carbonyl (C=O) groups is 3. The minimum Gasteiger partial charge on any atom is -0.467 e. The Labute approximate surface area is 173 Å². The maximum atomic E-state index is 12.2. The molecule has 3 rings (SSSR count).